The van der Waals surface area contributed by atoms with Crippen LogP contribution in [0.2, 0.25) is 0 Å². The number of nitrogens with one attached hydrogen (secondary N) is 1. The molecule has 0 aromatic heterocycles. The summed E-state index contributed by atoms with van der Waals surface area (Å²) < 4.78 is 0. The molecule has 1 N–H and O–H groups in total. The lowest BCUT2D eigenvalue weighted by Gasteiger charge is -2.17. The minimum absolute atomic E-state index is 0.509. The summed E-state index contributed by atoms with van der Waals surface area (Å²) in [4.78, 5) is 10.7. The van der Waals surface area contributed by atoms with Gasteiger partial charge in [0, 0.05) is 0 Å². The number of rotatable bonds is 24. The molecule has 0 atom stereocenters. The van der Waals surface area contributed by atoms with E-state index in [9.17, 15) is 0 Å². The predicted octanol–water partition coefficient (Wildman–Crippen LogP) is 9.31. The molecule has 0 heterocycles. The highest BCUT2D eigenvalue weighted by Crippen LogP contribution is 2.22. The Hall–Kier alpha value is -0.120. The molecule has 3 nitrogen and oxygen atoms in total. The Bertz CT molecular complexity index is 314. The lowest BCUT2D eigenvalue weighted by molar-refractivity contribution is -0.171. The van der Waals surface area contributed by atoms with Gasteiger partial charge in [-0.25, -0.2) is 0 Å². The smallest absolute Gasteiger partial charge is 0.0709 e. The van der Waals surface area contributed by atoms with Crippen molar-refractivity contribution in [1.29, 1.82) is 0 Å². The molecule has 0 aliphatic heterocycles. The summed E-state index contributed by atoms with van der Waals surface area (Å²) in [5.74, 6) is 0. The normalized spacial score (nSPS) is 12.0. The number of hydrogen-bond donors (Lipinski definition) is 1. The summed E-state index contributed by atoms with van der Waals surface area (Å²) in [7, 11) is 0. The monoisotopic (exact) mass is 427 g/mol. The van der Waals surface area contributed by atoms with Crippen molar-refractivity contribution in [3.63, 3.8) is 0 Å². The second-order valence-corrected chi connectivity index (χ2v) is 10.5. The summed E-state index contributed by atoms with van der Waals surface area (Å²) in [5.41, 5.74) is 3.17. The summed E-state index contributed by atoms with van der Waals surface area (Å²) >= 11 is 0. The first kappa shape index (κ1) is 29.9. The van der Waals surface area contributed by atoms with E-state index >= 15 is 0 Å². The van der Waals surface area contributed by atoms with Crippen LogP contribution in [0.4, 0.5) is 0 Å². The van der Waals surface area contributed by atoms with Crippen LogP contribution in [0.3, 0.4) is 0 Å². The van der Waals surface area contributed by atoms with Crippen LogP contribution in [-0.2, 0) is 9.68 Å². The molecule has 0 saturated heterocycles. The van der Waals surface area contributed by atoms with Crippen molar-refractivity contribution in [2.24, 2.45) is 5.41 Å². The van der Waals surface area contributed by atoms with E-state index < -0.39 is 0 Å². The molecule has 0 radical (unpaired) electrons. The lowest BCUT2D eigenvalue weighted by atomic mass is 9.89. The molecule has 0 rings (SSSR count). The van der Waals surface area contributed by atoms with Gasteiger partial charge in [-0.1, -0.05) is 142 Å². The molecule has 0 aromatic rings. The van der Waals surface area contributed by atoms with E-state index in [1.54, 1.807) is 0 Å². The maximum atomic E-state index is 5.35. The first-order valence-corrected chi connectivity index (χ1v) is 13.5. The third kappa shape index (κ3) is 27.9. The third-order valence-corrected chi connectivity index (χ3v) is 5.89. The molecular weight excluding hydrogens is 370 g/mol. The van der Waals surface area contributed by atoms with Crippen LogP contribution in [0.1, 0.15) is 156 Å². The van der Waals surface area contributed by atoms with Gasteiger partial charge in [0.2, 0.25) is 0 Å². The predicted molar refractivity (Wildman–Crippen MR) is 133 cm³/mol. The Morgan fingerprint density at radius 2 is 0.800 bits per heavy atom. The van der Waals surface area contributed by atoms with Gasteiger partial charge in [0.05, 0.1) is 13.2 Å². The summed E-state index contributed by atoms with van der Waals surface area (Å²) in [6.07, 6.45) is 27.1. The summed E-state index contributed by atoms with van der Waals surface area (Å²) in [6.45, 7) is 10.8. The first-order valence-electron chi connectivity index (χ1n) is 13.5. The van der Waals surface area contributed by atoms with Gasteiger partial charge in [0.25, 0.3) is 0 Å². The molecule has 0 fully saturated rings. The highest BCUT2D eigenvalue weighted by Gasteiger charge is 2.08. The van der Waals surface area contributed by atoms with Crippen LogP contribution in [0.5, 0.6) is 0 Å². The van der Waals surface area contributed by atoms with Crippen LogP contribution in [0, 0.1) is 5.41 Å². The quantitative estimate of drug-likeness (QED) is 0.123. The Morgan fingerprint density at radius 1 is 0.467 bits per heavy atom. The Morgan fingerprint density at radius 3 is 1.17 bits per heavy atom. The largest absolute Gasteiger partial charge is 0.277 e. The van der Waals surface area contributed by atoms with Crippen LogP contribution in [0.25, 0.3) is 0 Å². The molecule has 182 valence electrons. The third-order valence-electron chi connectivity index (χ3n) is 5.89. The molecule has 0 amide bonds. The fourth-order valence-corrected chi connectivity index (χ4v) is 3.85. The van der Waals surface area contributed by atoms with E-state index in [4.69, 9.17) is 9.68 Å². The Kier molecular flexibility index (Phi) is 23.4. The molecule has 0 spiro atoms. The van der Waals surface area contributed by atoms with Crippen molar-refractivity contribution >= 4 is 0 Å². The number of unbranched alkanes of at least 4 members (excludes halogenated alkanes) is 17. The molecule has 30 heavy (non-hydrogen) atoms. The van der Waals surface area contributed by atoms with Crippen molar-refractivity contribution in [3.05, 3.63) is 0 Å². The standard InChI is InChI=1S/C27H57NO2/c1-5-6-7-8-9-10-13-16-19-22-25-29-28-30-26-23-20-17-14-11-12-15-18-21-24-27(2,3)4/h28H,5-26H2,1-4H3. The molecule has 3 heteroatoms. The van der Waals surface area contributed by atoms with Gasteiger partial charge in [-0.2, -0.15) is 0 Å². The van der Waals surface area contributed by atoms with Crippen LogP contribution in [-0.4, -0.2) is 13.2 Å². The van der Waals surface area contributed by atoms with Crippen LogP contribution >= 0.6 is 0 Å². The zero-order chi connectivity index (χ0) is 22.2. The van der Waals surface area contributed by atoms with Gasteiger partial charge in [-0.3, -0.25) is 9.68 Å². The second kappa shape index (κ2) is 23.5. The van der Waals surface area contributed by atoms with Crippen molar-refractivity contribution in [1.82, 2.24) is 5.64 Å². The Balaban J connectivity index is 3.02. The van der Waals surface area contributed by atoms with Gasteiger partial charge >= 0.3 is 0 Å². The van der Waals surface area contributed by atoms with E-state index in [-0.39, 0.29) is 0 Å². The van der Waals surface area contributed by atoms with Gasteiger partial charge in [-0.05, 0) is 24.7 Å². The summed E-state index contributed by atoms with van der Waals surface area (Å²) in [6, 6.07) is 0. The van der Waals surface area contributed by atoms with E-state index in [0.29, 0.717) is 5.41 Å². The molecule has 0 bridgehead atoms. The molecule has 0 unspecified atom stereocenters. The molecule has 0 aliphatic carbocycles. The maximum absolute atomic E-state index is 5.35. The molecule has 0 aliphatic rings. The SMILES string of the molecule is CCCCCCCCCCCCONOCCCCCCCCCCCC(C)(C)C. The van der Waals surface area contributed by atoms with Crippen molar-refractivity contribution in [3.8, 4) is 0 Å². The topological polar surface area (TPSA) is 30.5 Å². The van der Waals surface area contributed by atoms with Gasteiger partial charge in [0.1, 0.15) is 0 Å². The van der Waals surface area contributed by atoms with Crippen molar-refractivity contribution in [2.45, 2.75) is 156 Å². The van der Waals surface area contributed by atoms with Crippen molar-refractivity contribution in [2.75, 3.05) is 13.2 Å². The first-order chi connectivity index (χ1) is 14.6. The summed E-state index contributed by atoms with van der Waals surface area (Å²) in [5, 5.41) is 0. The molecule has 0 saturated carbocycles. The van der Waals surface area contributed by atoms with E-state index in [1.165, 1.54) is 116 Å². The van der Waals surface area contributed by atoms with Crippen LogP contribution < -0.4 is 5.64 Å². The zero-order valence-electron chi connectivity index (χ0n) is 21.4. The average Bonchev–Trinajstić information content (AvgIpc) is 2.70. The molecule has 0 aromatic carbocycles. The van der Waals surface area contributed by atoms with Gasteiger partial charge in [0.15, 0.2) is 0 Å². The highest BCUT2D eigenvalue weighted by molar-refractivity contribution is 4.61. The average molecular weight is 428 g/mol. The minimum atomic E-state index is 0.509. The maximum Gasteiger partial charge on any atom is 0.0709 e. The zero-order valence-corrected chi connectivity index (χ0v) is 21.4. The fourth-order valence-electron chi connectivity index (χ4n) is 3.85. The van der Waals surface area contributed by atoms with Crippen molar-refractivity contribution < 1.29 is 9.68 Å². The van der Waals surface area contributed by atoms with Gasteiger partial charge in [-0.15, -0.1) is 0 Å². The highest BCUT2D eigenvalue weighted by atomic mass is 16.9. The van der Waals surface area contributed by atoms with E-state index in [1.807, 2.05) is 0 Å². The fraction of sp³-hybridized carbons (Fsp3) is 1.00. The second-order valence-electron chi connectivity index (χ2n) is 10.5. The molecular formula is C27H57NO2. The number of hydrogen-bond acceptors (Lipinski definition) is 3. The van der Waals surface area contributed by atoms with E-state index in [2.05, 4.69) is 33.3 Å². The Labute approximate surface area is 190 Å². The van der Waals surface area contributed by atoms with Crippen LogP contribution in [0.15, 0.2) is 0 Å². The minimum Gasteiger partial charge on any atom is -0.277 e. The van der Waals surface area contributed by atoms with Gasteiger partial charge < -0.3 is 0 Å². The lowest BCUT2D eigenvalue weighted by Crippen LogP contribution is -2.16. The van der Waals surface area contributed by atoms with E-state index in [0.717, 1.165) is 26.1 Å².